The van der Waals surface area contributed by atoms with E-state index < -0.39 is 11.7 Å². The van der Waals surface area contributed by atoms with Gasteiger partial charge in [-0.2, -0.15) is 0 Å². The van der Waals surface area contributed by atoms with E-state index in [-0.39, 0.29) is 5.69 Å². The molecule has 0 spiro atoms. The van der Waals surface area contributed by atoms with Gasteiger partial charge in [-0.05, 0) is 37.0 Å². The van der Waals surface area contributed by atoms with Crippen LogP contribution in [-0.2, 0) is 0 Å². The van der Waals surface area contributed by atoms with Gasteiger partial charge < -0.3 is 24.7 Å². The van der Waals surface area contributed by atoms with E-state index in [4.69, 9.17) is 4.74 Å². The minimum Gasteiger partial charge on any atom is -0.496 e. The van der Waals surface area contributed by atoms with Gasteiger partial charge in [-0.15, -0.1) is 0 Å². The van der Waals surface area contributed by atoms with Crippen LogP contribution in [0, 0.1) is 24.6 Å². The molecule has 2 aliphatic rings. The van der Waals surface area contributed by atoms with Gasteiger partial charge in [-0.3, -0.25) is 4.79 Å². The molecule has 5 rings (SSSR count). The highest BCUT2D eigenvalue weighted by Crippen LogP contribution is 2.32. The van der Waals surface area contributed by atoms with E-state index >= 15 is 0 Å². The molecule has 7 nitrogen and oxygen atoms in total. The fraction of sp³-hybridized carbons (Fsp3) is 0.364. The van der Waals surface area contributed by atoms with Gasteiger partial charge >= 0.3 is 0 Å². The molecular weight excluding hydrogens is 385 g/mol. The van der Waals surface area contributed by atoms with Crippen molar-refractivity contribution in [2.75, 3.05) is 43.5 Å². The molecule has 8 heteroatoms. The lowest BCUT2D eigenvalue weighted by atomic mass is 10.0. The first kappa shape index (κ1) is 18.9. The lowest BCUT2D eigenvalue weighted by Crippen LogP contribution is -2.25. The number of nitrogens with one attached hydrogen (secondary N) is 2. The maximum atomic E-state index is 14.8. The highest BCUT2D eigenvalue weighted by atomic mass is 19.1. The normalized spacial score (nSPS) is 20.6. The van der Waals surface area contributed by atoms with Gasteiger partial charge in [0.25, 0.3) is 5.91 Å². The molecule has 2 saturated heterocycles. The van der Waals surface area contributed by atoms with Gasteiger partial charge in [-0.1, -0.05) is 0 Å². The van der Waals surface area contributed by atoms with Crippen LogP contribution in [-0.4, -0.2) is 48.6 Å². The third-order valence-corrected chi connectivity index (χ3v) is 6.10. The summed E-state index contributed by atoms with van der Waals surface area (Å²) in [5, 5.41) is 6.09. The van der Waals surface area contributed by atoms with Gasteiger partial charge in [0.2, 0.25) is 0 Å². The Balaban J connectivity index is 1.36. The molecule has 156 valence electrons. The van der Waals surface area contributed by atoms with E-state index in [1.54, 1.807) is 22.7 Å². The van der Waals surface area contributed by atoms with Crippen molar-refractivity contribution < 1.29 is 13.9 Å². The Morgan fingerprint density at radius 2 is 2.00 bits per heavy atom. The highest BCUT2D eigenvalue weighted by molar-refractivity contribution is 6.06. The Labute approximate surface area is 173 Å². The summed E-state index contributed by atoms with van der Waals surface area (Å²) in [6.45, 7) is 5.80. The van der Waals surface area contributed by atoms with Crippen LogP contribution in [0.4, 0.5) is 15.8 Å². The molecule has 2 fully saturated rings. The van der Waals surface area contributed by atoms with Gasteiger partial charge in [-0.25, -0.2) is 9.37 Å². The van der Waals surface area contributed by atoms with Crippen LogP contribution in [0.1, 0.15) is 16.1 Å². The molecule has 2 atom stereocenters. The summed E-state index contributed by atoms with van der Waals surface area (Å²) in [7, 11) is 1.49. The average molecular weight is 409 g/mol. The third-order valence-electron chi connectivity index (χ3n) is 6.10. The van der Waals surface area contributed by atoms with E-state index in [2.05, 4.69) is 20.5 Å². The zero-order valence-corrected chi connectivity index (χ0v) is 17.0. The van der Waals surface area contributed by atoms with Gasteiger partial charge in [0.1, 0.15) is 17.2 Å². The van der Waals surface area contributed by atoms with E-state index in [0.717, 1.165) is 37.6 Å². The molecule has 0 saturated carbocycles. The molecule has 0 bridgehead atoms. The van der Waals surface area contributed by atoms with Gasteiger partial charge in [0.15, 0.2) is 0 Å². The summed E-state index contributed by atoms with van der Waals surface area (Å²) in [5.41, 5.74) is 2.83. The SMILES string of the molecule is COc1cc2nc(C)cn2cc1C(=O)Nc1ccc(N2C[C@H]3CNC[C@H]3C2)cc1F. The second-order valence-corrected chi connectivity index (χ2v) is 8.10. The number of benzene rings is 1. The van der Waals surface area contributed by atoms with E-state index in [0.29, 0.717) is 28.8 Å². The molecule has 30 heavy (non-hydrogen) atoms. The summed E-state index contributed by atoms with van der Waals surface area (Å²) < 4.78 is 21.9. The largest absolute Gasteiger partial charge is 0.496 e. The molecule has 2 aromatic heterocycles. The molecule has 1 aromatic carbocycles. The lowest BCUT2D eigenvalue weighted by Gasteiger charge is -2.20. The van der Waals surface area contributed by atoms with Crippen LogP contribution in [0.5, 0.6) is 5.75 Å². The van der Waals surface area contributed by atoms with Crippen LogP contribution >= 0.6 is 0 Å². The number of carbonyl (C=O) groups is 1. The Kier molecular flexibility index (Phi) is 4.58. The Morgan fingerprint density at radius 3 is 2.70 bits per heavy atom. The Bertz CT molecular complexity index is 1120. The molecule has 1 amide bonds. The maximum absolute atomic E-state index is 14.8. The molecular formula is C22H24FN5O2. The van der Waals surface area contributed by atoms with Crippen molar-refractivity contribution >= 4 is 22.9 Å². The average Bonchev–Trinajstić information content (AvgIpc) is 3.41. The number of hydrogen-bond donors (Lipinski definition) is 2. The quantitative estimate of drug-likeness (QED) is 0.693. The second kappa shape index (κ2) is 7.28. The van der Waals surface area contributed by atoms with Gasteiger partial charge in [0, 0.05) is 50.3 Å². The van der Waals surface area contributed by atoms with Crippen LogP contribution in [0.3, 0.4) is 0 Å². The maximum Gasteiger partial charge on any atom is 0.261 e. The minimum atomic E-state index is -0.449. The summed E-state index contributed by atoms with van der Waals surface area (Å²) in [6.07, 6.45) is 3.47. The number of aryl methyl sites for hydroxylation is 1. The molecule has 0 unspecified atom stereocenters. The lowest BCUT2D eigenvalue weighted by molar-refractivity contribution is 0.102. The van der Waals surface area contributed by atoms with E-state index in [9.17, 15) is 9.18 Å². The number of amides is 1. The summed E-state index contributed by atoms with van der Waals surface area (Å²) in [5.74, 6) is 0.756. The summed E-state index contributed by atoms with van der Waals surface area (Å²) in [4.78, 5) is 19.5. The van der Waals surface area contributed by atoms with Crippen LogP contribution in [0.25, 0.3) is 5.65 Å². The number of aromatic nitrogens is 2. The number of imidazole rings is 1. The number of methoxy groups -OCH3 is 1. The van der Waals surface area contributed by atoms with E-state index in [1.165, 1.54) is 13.2 Å². The molecule has 2 N–H and O–H groups in total. The second-order valence-electron chi connectivity index (χ2n) is 8.10. The van der Waals surface area contributed by atoms with Crippen LogP contribution in [0.15, 0.2) is 36.7 Å². The van der Waals surface area contributed by atoms with E-state index in [1.807, 2.05) is 19.2 Å². The fourth-order valence-corrected chi connectivity index (χ4v) is 4.54. The van der Waals surface area contributed by atoms with Crippen molar-refractivity contribution in [3.8, 4) is 5.75 Å². The first-order chi connectivity index (χ1) is 14.5. The minimum absolute atomic E-state index is 0.147. The number of fused-ring (bicyclic) bond motifs is 2. The Morgan fingerprint density at radius 1 is 1.23 bits per heavy atom. The molecule has 0 aliphatic carbocycles. The number of hydrogen-bond acceptors (Lipinski definition) is 5. The number of carbonyl (C=O) groups excluding carboxylic acids is 1. The van der Waals surface area contributed by atoms with Crippen molar-refractivity contribution in [1.82, 2.24) is 14.7 Å². The predicted molar refractivity (Wildman–Crippen MR) is 113 cm³/mol. The number of ether oxygens (including phenoxy) is 1. The Hall–Kier alpha value is -3.13. The van der Waals surface area contributed by atoms with Crippen molar-refractivity contribution in [2.24, 2.45) is 11.8 Å². The number of nitrogens with zero attached hydrogens (tertiary/aromatic N) is 3. The fourth-order valence-electron chi connectivity index (χ4n) is 4.54. The van der Waals surface area contributed by atoms with Crippen molar-refractivity contribution in [1.29, 1.82) is 0 Å². The number of pyridine rings is 1. The number of anilines is 2. The zero-order valence-electron chi connectivity index (χ0n) is 17.0. The van der Waals surface area contributed by atoms with Crippen molar-refractivity contribution in [3.63, 3.8) is 0 Å². The van der Waals surface area contributed by atoms with Crippen LogP contribution in [0.2, 0.25) is 0 Å². The first-order valence-corrected chi connectivity index (χ1v) is 10.1. The van der Waals surface area contributed by atoms with Crippen molar-refractivity contribution in [3.05, 3.63) is 53.7 Å². The standard InChI is InChI=1S/C22H24FN5O2/c1-13-9-28-12-17(20(30-2)6-21(28)25-13)22(29)26-19-4-3-16(5-18(19)23)27-10-14-7-24-8-15(14)11-27/h3-6,9,12,14-15,24H,7-8,10-11H2,1-2H3,(H,26,29)/t14-,15+. The first-order valence-electron chi connectivity index (χ1n) is 10.1. The van der Waals surface area contributed by atoms with Gasteiger partial charge in [0.05, 0.1) is 24.1 Å². The summed E-state index contributed by atoms with van der Waals surface area (Å²) in [6, 6.07) is 6.69. The zero-order chi connectivity index (χ0) is 20.8. The monoisotopic (exact) mass is 409 g/mol. The summed E-state index contributed by atoms with van der Waals surface area (Å²) >= 11 is 0. The van der Waals surface area contributed by atoms with Crippen LogP contribution < -0.4 is 20.3 Å². The third kappa shape index (κ3) is 3.27. The molecule has 0 radical (unpaired) electrons. The molecule has 3 aromatic rings. The molecule has 4 heterocycles. The number of halogens is 1. The topological polar surface area (TPSA) is 70.9 Å². The van der Waals surface area contributed by atoms with Crippen molar-refractivity contribution in [2.45, 2.75) is 6.92 Å². The smallest absolute Gasteiger partial charge is 0.261 e. The predicted octanol–water partition coefficient (Wildman–Crippen LogP) is 2.70. The highest BCUT2D eigenvalue weighted by Gasteiger charge is 2.36. The molecule has 2 aliphatic heterocycles. The number of rotatable bonds is 4.